The number of hydrogen-bond acceptors (Lipinski definition) is 7. The summed E-state index contributed by atoms with van der Waals surface area (Å²) in [5.41, 5.74) is 3.11. The molecule has 45 heavy (non-hydrogen) atoms. The van der Waals surface area contributed by atoms with Crippen molar-refractivity contribution in [2.24, 2.45) is 0 Å². The predicted molar refractivity (Wildman–Crippen MR) is 165 cm³/mol. The molecule has 2 heterocycles. The van der Waals surface area contributed by atoms with Gasteiger partial charge in [-0.05, 0) is 74.4 Å². The van der Waals surface area contributed by atoms with E-state index >= 15 is 8.78 Å². The van der Waals surface area contributed by atoms with E-state index < -0.39 is 23.5 Å². The molecule has 1 N–H and O–H groups in total. The van der Waals surface area contributed by atoms with Crippen LogP contribution in [0.15, 0.2) is 72.8 Å². The lowest BCUT2D eigenvalue weighted by Gasteiger charge is -2.24. The summed E-state index contributed by atoms with van der Waals surface area (Å²) >= 11 is 0. The lowest BCUT2D eigenvalue weighted by atomic mass is 10.0. The van der Waals surface area contributed by atoms with Gasteiger partial charge in [-0.25, -0.2) is 18.7 Å². The highest BCUT2D eigenvalue weighted by atomic mass is 19.1. The Labute approximate surface area is 260 Å². The molecule has 2 aromatic heterocycles. The first kappa shape index (κ1) is 31.7. The number of aromatic nitrogens is 3. The van der Waals surface area contributed by atoms with Gasteiger partial charge in [-0.3, -0.25) is 0 Å². The first-order valence-corrected chi connectivity index (χ1v) is 14.5. The van der Waals surface area contributed by atoms with Gasteiger partial charge in [0.2, 0.25) is 5.88 Å². The fourth-order valence-electron chi connectivity index (χ4n) is 4.88. The second-order valence-corrected chi connectivity index (χ2v) is 11.6. The van der Waals surface area contributed by atoms with Crippen molar-refractivity contribution in [3.63, 3.8) is 0 Å². The molecule has 10 heteroatoms. The second kappa shape index (κ2) is 13.5. The van der Waals surface area contributed by atoms with Crippen LogP contribution in [0.3, 0.4) is 0 Å². The largest absolute Gasteiger partial charge is 0.473 e. The maximum absolute atomic E-state index is 15.5. The average molecular weight is 613 g/mol. The van der Waals surface area contributed by atoms with Crippen molar-refractivity contribution < 1.29 is 28.1 Å². The van der Waals surface area contributed by atoms with Gasteiger partial charge in [-0.15, -0.1) is 0 Å². The van der Waals surface area contributed by atoms with E-state index in [-0.39, 0.29) is 35.7 Å². The number of methoxy groups -OCH3 is 1. The molecular weight excluding hydrogens is 578 g/mol. The Bertz CT molecular complexity index is 1840. The zero-order valence-electron chi connectivity index (χ0n) is 25.6. The van der Waals surface area contributed by atoms with Crippen LogP contribution in [0.25, 0.3) is 22.3 Å². The fourth-order valence-corrected chi connectivity index (χ4v) is 4.88. The molecule has 0 aliphatic heterocycles. The molecule has 8 nitrogen and oxygen atoms in total. The summed E-state index contributed by atoms with van der Waals surface area (Å²) in [6, 6.07) is 21.5. The Balaban J connectivity index is 1.39. The van der Waals surface area contributed by atoms with Crippen LogP contribution in [-0.4, -0.2) is 39.0 Å². The summed E-state index contributed by atoms with van der Waals surface area (Å²) < 4.78 is 49.7. The molecule has 1 unspecified atom stereocenters. The molecule has 5 rings (SSSR count). The summed E-state index contributed by atoms with van der Waals surface area (Å²) in [5.74, 6) is -0.456. The van der Waals surface area contributed by atoms with Crippen LogP contribution in [0.4, 0.5) is 8.78 Å². The van der Waals surface area contributed by atoms with Gasteiger partial charge >= 0.3 is 0 Å². The minimum absolute atomic E-state index is 0.00503. The van der Waals surface area contributed by atoms with E-state index in [1.807, 2.05) is 25.3 Å². The summed E-state index contributed by atoms with van der Waals surface area (Å²) in [7, 11) is 1.58. The van der Waals surface area contributed by atoms with Gasteiger partial charge in [0.05, 0.1) is 40.6 Å². The quantitative estimate of drug-likeness (QED) is 0.162. The van der Waals surface area contributed by atoms with Gasteiger partial charge in [0, 0.05) is 37.3 Å². The number of imidazole rings is 1. The van der Waals surface area contributed by atoms with Gasteiger partial charge in [-0.2, -0.15) is 5.26 Å². The Morgan fingerprint density at radius 3 is 2.47 bits per heavy atom. The van der Waals surface area contributed by atoms with Crippen LogP contribution in [0, 0.1) is 23.0 Å². The van der Waals surface area contributed by atoms with E-state index in [0.717, 1.165) is 17.1 Å². The standard InChI is InChI=1S/C35H34F2N4O4/c1-35(2,3)45-34(42)24-12-13-30-31(17-24)41(14-15-43-4)32(39-30)18-25-16-28(37)26(19-27(25)36)29-6-5-7-33(40-29)44-21-23-10-8-22(20-38)9-11-23/h5-13,16-17,19,34,42H,14-15,18,21H2,1-4H3. The SMILES string of the molecule is COCCn1c(Cc2cc(F)c(-c3cccc(OCc4ccc(C#N)cc4)n3)cc2F)nc2ccc(C(O)OC(C)(C)C)cc21. The van der Waals surface area contributed by atoms with Gasteiger partial charge in [0.25, 0.3) is 0 Å². The van der Waals surface area contributed by atoms with Crippen molar-refractivity contribution in [1.82, 2.24) is 14.5 Å². The molecule has 0 bridgehead atoms. The van der Waals surface area contributed by atoms with Crippen LogP contribution in [0.5, 0.6) is 5.88 Å². The third-order valence-electron chi connectivity index (χ3n) is 7.07. The van der Waals surface area contributed by atoms with Crippen molar-refractivity contribution in [3.8, 4) is 23.2 Å². The molecule has 0 amide bonds. The summed E-state index contributed by atoms with van der Waals surface area (Å²) in [5, 5.41) is 19.6. The number of aliphatic hydroxyl groups is 1. The van der Waals surface area contributed by atoms with E-state index in [1.165, 1.54) is 6.07 Å². The van der Waals surface area contributed by atoms with Crippen molar-refractivity contribution in [2.75, 3.05) is 13.7 Å². The predicted octanol–water partition coefficient (Wildman–Crippen LogP) is 6.87. The minimum atomic E-state index is -1.14. The number of nitrogens with zero attached hydrogens (tertiary/aromatic N) is 4. The Morgan fingerprint density at radius 1 is 0.978 bits per heavy atom. The number of fused-ring (bicyclic) bond motifs is 1. The van der Waals surface area contributed by atoms with Crippen LogP contribution in [0.1, 0.15) is 55.1 Å². The third kappa shape index (κ3) is 7.70. The monoisotopic (exact) mass is 612 g/mol. The van der Waals surface area contributed by atoms with Crippen LogP contribution in [0.2, 0.25) is 0 Å². The van der Waals surface area contributed by atoms with E-state index in [2.05, 4.69) is 11.1 Å². The van der Waals surface area contributed by atoms with E-state index in [0.29, 0.717) is 35.6 Å². The highest BCUT2D eigenvalue weighted by molar-refractivity contribution is 5.77. The number of hydrogen-bond donors (Lipinski definition) is 1. The van der Waals surface area contributed by atoms with Crippen molar-refractivity contribution in [2.45, 2.75) is 52.2 Å². The van der Waals surface area contributed by atoms with Crippen molar-refractivity contribution in [1.29, 1.82) is 5.26 Å². The first-order chi connectivity index (χ1) is 21.5. The minimum Gasteiger partial charge on any atom is -0.473 e. The number of halogens is 2. The lowest BCUT2D eigenvalue weighted by molar-refractivity contribution is -0.169. The number of benzene rings is 3. The average Bonchev–Trinajstić information content (AvgIpc) is 3.36. The van der Waals surface area contributed by atoms with Crippen LogP contribution < -0.4 is 4.74 Å². The van der Waals surface area contributed by atoms with E-state index in [9.17, 15) is 5.11 Å². The number of rotatable bonds is 11. The molecule has 0 saturated heterocycles. The molecule has 5 aromatic rings. The molecule has 0 spiro atoms. The summed E-state index contributed by atoms with van der Waals surface area (Å²) in [6.07, 6.45) is -1.12. The Hall–Kier alpha value is -4.69. The Morgan fingerprint density at radius 2 is 1.76 bits per heavy atom. The molecule has 0 radical (unpaired) electrons. The number of ether oxygens (including phenoxy) is 3. The summed E-state index contributed by atoms with van der Waals surface area (Å²) in [4.78, 5) is 9.09. The van der Waals surface area contributed by atoms with Gasteiger partial charge in [-0.1, -0.05) is 24.3 Å². The number of nitriles is 1. The van der Waals surface area contributed by atoms with Crippen molar-refractivity contribution >= 4 is 11.0 Å². The molecule has 0 saturated carbocycles. The third-order valence-corrected chi connectivity index (χ3v) is 7.07. The van der Waals surface area contributed by atoms with E-state index in [4.69, 9.17) is 24.5 Å². The zero-order valence-corrected chi connectivity index (χ0v) is 25.6. The number of pyridine rings is 1. The Kier molecular flexibility index (Phi) is 9.54. The fraction of sp³-hybridized carbons (Fsp3) is 0.286. The van der Waals surface area contributed by atoms with Crippen LogP contribution in [-0.2, 0) is 29.0 Å². The van der Waals surface area contributed by atoms with E-state index in [1.54, 1.807) is 67.8 Å². The zero-order chi connectivity index (χ0) is 32.1. The molecule has 0 aliphatic rings. The molecular formula is C35H34F2N4O4. The molecule has 232 valence electrons. The second-order valence-electron chi connectivity index (χ2n) is 11.6. The molecule has 3 aromatic carbocycles. The first-order valence-electron chi connectivity index (χ1n) is 14.5. The lowest BCUT2D eigenvalue weighted by Crippen LogP contribution is -2.22. The maximum atomic E-state index is 15.5. The highest BCUT2D eigenvalue weighted by Gasteiger charge is 2.21. The van der Waals surface area contributed by atoms with Gasteiger partial charge in [0.15, 0.2) is 6.29 Å². The number of aliphatic hydroxyl groups excluding tert-OH is 1. The highest BCUT2D eigenvalue weighted by Crippen LogP contribution is 2.29. The van der Waals surface area contributed by atoms with Gasteiger partial charge < -0.3 is 23.9 Å². The molecule has 0 fully saturated rings. The maximum Gasteiger partial charge on any atom is 0.214 e. The van der Waals surface area contributed by atoms with Gasteiger partial charge in [0.1, 0.15) is 24.1 Å². The van der Waals surface area contributed by atoms with Crippen molar-refractivity contribution in [3.05, 3.63) is 113 Å². The smallest absolute Gasteiger partial charge is 0.214 e. The molecule has 1 atom stereocenters. The topological polar surface area (TPSA) is 102 Å². The normalized spacial score (nSPS) is 12.3. The van der Waals surface area contributed by atoms with Crippen LogP contribution >= 0.6 is 0 Å². The molecule has 0 aliphatic carbocycles. The summed E-state index contributed by atoms with van der Waals surface area (Å²) in [6.45, 7) is 6.56.